The van der Waals surface area contributed by atoms with Crippen LogP contribution in [0.5, 0.6) is 0 Å². The molecular formula is C13H25N3O. The zero-order valence-corrected chi connectivity index (χ0v) is 11.4. The Labute approximate surface area is 104 Å². The fourth-order valence-corrected chi connectivity index (χ4v) is 2.21. The number of nitrogens with one attached hydrogen (secondary N) is 1. The van der Waals surface area contributed by atoms with Gasteiger partial charge in [0.25, 0.3) is 0 Å². The van der Waals surface area contributed by atoms with E-state index in [9.17, 15) is 0 Å². The zero-order chi connectivity index (χ0) is 12.7. The molecule has 0 spiro atoms. The maximum Gasteiger partial charge on any atom is 0.0724 e. The third kappa shape index (κ3) is 4.48. The molecule has 0 saturated carbocycles. The predicted octanol–water partition coefficient (Wildman–Crippen LogP) is 1.76. The van der Waals surface area contributed by atoms with Crippen molar-refractivity contribution in [3.8, 4) is 0 Å². The lowest BCUT2D eigenvalue weighted by Gasteiger charge is -2.25. The highest BCUT2D eigenvalue weighted by molar-refractivity contribution is 5.04. The SMILES string of the molecule is CCCC(OC)C(CCc1cnn(C)c1)NC. The molecule has 1 aromatic heterocycles. The van der Waals surface area contributed by atoms with Gasteiger partial charge in [-0.25, -0.2) is 0 Å². The van der Waals surface area contributed by atoms with Crippen molar-refractivity contribution in [3.05, 3.63) is 18.0 Å². The first kappa shape index (κ1) is 14.2. The van der Waals surface area contributed by atoms with E-state index in [1.54, 1.807) is 7.11 Å². The number of nitrogens with zero attached hydrogens (tertiary/aromatic N) is 2. The number of likely N-dealkylation sites (N-methyl/N-ethyl adjacent to an activating group) is 1. The molecule has 0 radical (unpaired) electrons. The number of hydrogen-bond acceptors (Lipinski definition) is 3. The van der Waals surface area contributed by atoms with Gasteiger partial charge in [0, 0.05) is 26.4 Å². The lowest BCUT2D eigenvalue weighted by atomic mass is 10.00. The monoisotopic (exact) mass is 239 g/mol. The van der Waals surface area contributed by atoms with Crippen molar-refractivity contribution < 1.29 is 4.74 Å². The summed E-state index contributed by atoms with van der Waals surface area (Å²) in [7, 11) is 5.76. The van der Waals surface area contributed by atoms with Crippen molar-refractivity contribution in [1.29, 1.82) is 0 Å². The molecule has 98 valence electrons. The fraction of sp³-hybridized carbons (Fsp3) is 0.769. The number of methoxy groups -OCH3 is 1. The van der Waals surface area contributed by atoms with E-state index in [1.807, 2.05) is 25.0 Å². The van der Waals surface area contributed by atoms with Crippen LogP contribution in [0.4, 0.5) is 0 Å². The summed E-state index contributed by atoms with van der Waals surface area (Å²) in [6.45, 7) is 2.19. The van der Waals surface area contributed by atoms with E-state index >= 15 is 0 Å². The summed E-state index contributed by atoms with van der Waals surface area (Å²) in [4.78, 5) is 0. The average Bonchev–Trinajstić information content (AvgIpc) is 2.74. The van der Waals surface area contributed by atoms with E-state index in [2.05, 4.69) is 23.5 Å². The average molecular weight is 239 g/mol. The van der Waals surface area contributed by atoms with Crippen molar-refractivity contribution in [3.63, 3.8) is 0 Å². The molecule has 4 nitrogen and oxygen atoms in total. The Hall–Kier alpha value is -0.870. The number of aryl methyl sites for hydroxylation is 2. The lowest BCUT2D eigenvalue weighted by Crippen LogP contribution is -2.39. The topological polar surface area (TPSA) is 39.1 Å². The Morgan fingerprint density at radius 3 is 2.71 bits per heavy atom. The molecule has 0 aliphatic carbocycles. The molecule has 0 aliphatic heterocycles. The maximum atomic E-state index is 5.55. The number of rotatable bonds is 8. The quantitative estimate of drug-likeness (QED) is 0.751. The van der Waals surface area contributed by atoms with Gasteiger partial charge in [-0.2, -0.15) is 5.10 Å². The molecule has 0 saturated heterocycles. The normalized spacial score (nSPS) is 14.8. The van der Waals surface area contributed by atoms with Gasteiger partial charge in [-0.1, -0.05) is 13.3 Å². The van der Waals surface area contributed by atoms with Gasteiger partial charge in [0.15, 0.2) is 0 Å². The first-order valence-corrected chi connectivity index (χ1v) is 6.38. The second-order valence-electron chi connectivity index (χ2n) is 4.52. The van der Waals surface area contributed by atoms with Crippen LogP contribution in [0.25, 0.3) is 0 Å². The first-order chi connectivity index (χ1) is 8.21. The lowest BCUT2D eigenvalue weighted by molar-refractivity contribution is 0.0607. The van der Waals surface area contributed by atoms with Gasteiger partial charge in [-0.15, -0.1) is 0 Å². The Bertz CT molecular complexity index is 311. The minimum Gasteiger partial charge on any atom is -0.380 e. The third-order valence-corrected chi connectivity index (χ3v) is 3.20. The van der Waals surface area contributed by atoms with Crippen LogP contribution in [0.1, 0.15) is 31.7 Å². The maximum absolute atomic E-state index is 5.55. The largest absolute Gasteiger partial charge is 0.380 e. The Kier molecular flexibility index (Phi) is 6.22. The fourth-order valence-electron chi connectivity index (χ4n) is 2.21. The first-order valence-electron chi connectivity index (χ1n) is 6.38. The highest BCUT2D eigenvalue weighted by Gasteiger charge is 2.18. The van der Waals surface area contributed by atoms with Crippen LogP contribution in [-0.4, -0.2) is 36.1 Å². The van der Waals surface area contributed by atoms with Gasteiger partial charge in [0.2, 0.25) is 0 Å². The summed E-state index contributed by atoms with van der Waals surface area (Å²) in [5.41, 5.74) is 1.29. The van der Waals surface area contributed by atoms with Crippen molar-refractivity contribution in [1.82, 2.24) is 15.1 Å². The molecule has 2 atom stereocenters. The summed E-state index contributed by atoms with van der Waals surface area (Å²) < 4.78 is 7.40. The number of ether oxygens (including phenoxy) is 1. The van der Waals surface area contributed by atoms with Gasteiger partial charge in [-0.05, 0) is 31.9 Å². The van der Waals surface area contributed by atoms with Gasteiger partial charge < -0.3 is 10.1 Å². The van der Waals surface area contributed by atoms with Crippen molar-refractivity contribution in [2.24, 2.45) is 7.05 Å². The number of hydrogen-bond donors (Lipinski definition) is 1. The van der Waals surface area contributed by atoms with Gasteiger partial charge in [0.05, 0.1) is 12.3 Å². The second-order valence-corrected chi connectivity index (χ2v) is 4.52. The van der Waals surface area contributed by atoms with Crippen LogP contribution >= 0.6 is 0 Å². The van der Waals surface area contributed by atoms with Crippen LogP contribution in [0, 0.1) is 0 Å². The van der Waals surface area contributed by atoms with Crippen molar-refractivity contribution in [2.45, 2.75) is 44.8 Å². The Morgan fingerprint density at radius 1 is 1.47 bits per heavy atom. The molecular weight excluding hydrogens is 214 g/mol. The summed E-state index contributed by atoms with van der Waals surface area (Å²) in [5.74, 6) is 0. The molecule has 2 unspecified atom stereocenters. The molecule has 17 heavy (non-hydrogen) atoms. The molecule has 0 amide bonds. The van der Waals surface area contributed by atoms with E-state index in [0.29, 0.717) is 12.1 Å². The third-order valence-electron chi connectivity index (χ3n) is 3.20. The standard InChI is InChI=1S/C13H25N3O/c1-5-6-13(17-4)12(14-2)8-7-11-9-15-16(3)10-11/h9-10,12-14H,5-8H2,1-4H3. The van der Waals surface area contributed by atoms with Crippen molar-refractivity contribution in [2.75, 3.05) is 14.2 Å². The summed E-state index contributed by atoms with van der Waals surface area (Å²) >= 11 is 0. The van der Waals surface area contributed by atoms with Crippen LogP contribution in [0.3, 0.4) is 0 Å². The van der Waals surface area contributed by atoms with Gasteiger partial charge >= 0.3 is 0 Å². The molecule has 0 aromatic carbocycles. The van der Waals surface area contributed by atoms with Crippen molar-refractivity contribution >= 4 is 0 Å². The smallest absolute Gasteiger partial charge is 0.0724 e. The van der Waals surface area contributed by atoms with Gasteiger partial charge in [0.1, 0.15) is 0 Å². The van der Waals surface area contributed by atoms with E-state index in [-0.39, 0.29) is 0 Å². The van der Waals surface area contributed by atoms with E-state index < -0.39 is 0 Å². The van der Waals surface area contributed by atoms with E-state index in [0.717, 1.165) is 25.7 Å². The van der Waals surface area contributed by atoms with Gasteiger partial charge in [-0.3, -0.25) is 4.68 Å². The van der Waals surface area contributed by atoms with E-state index in [1.165, 1.54) is 5.56 Å². The molecule has 1 N–H and O–H groups in total. The molecule has 0 bridgehead atoms. The zero-order valence-electron chi connectivity index (χ0n) is 11.4. The minimum absolute atomic E-state index is 0.307. The molecule has 4 heteroatoms. The molecule has 0 aliphatic rings. The minimum atomic E-state index is 0.307. The summed E-state index contributed by atoms with van der Waals surface area (Å²) in [6.07, 6.45) is 8.71. The summed E-state index contributed by atoms with van der Waals surface area (Å²) in [5, 5.41) is 7.55. The van der Waals surface area contributed by atoms with E-state index in [4.69, 9.17) is 4.74 Å². The number of aromatic nitrogens is 2. The van der Waals surface area contributed by atoms with Crippen LogP contribution < -0.4 is 5.32 Å². The molecule has 1 rings (SSSR count). The summed E-state index contributed by atoms with van der Waals surface area (Å²) in [6, 6.07) is 0.417. The highest BCUT2D eigenvalue weighted by Crippen LogP contribution is 2.12. The molecule has 0 fully saturated rings. The van der Waals surface area contributed by atoms with Crippen LogP contribution in [0.15, 0.2) is 12.4 Å². The van der Waals surface area contributed by atoms with Crippen LogP contribution in [0.2, 0.25) is 0 Å². The Morgan fingerprint density at radius 2 is 2.24 bits per heavy atom. The molecule has 1 heterocycles. The second kappa shape index (κ2) is 7.45. The highest BCUT2D eigenvalue weighted by atomic mass is 16.5. The Balaban J connectivity index is 2.45. The van der Waals surface area contributed by atoms with Crippen LogP contribution in [-0.2, 0) is 18.2 Å². The molecule has 1 aromatic rings. The predicted molar refractivity (Wildman–Crippen MR) is 70.1 cm³/mol.